The molecule has 0 aromatic heterocycles. The molecule has 0 spiro atoms. The summed E-state index contributed by atoms with van der Waals surface area (Å²) in [5.41, 5.74) is -2.69. The average Bonchev–Trinajstić information content (AvgIpc) is 2.83. The lowest BCUT2D eigenvalue weighted by Gasteiger charge is -2.43. The summed E-state index contributed by atoms with van der Waals surface area (Å²) in [4.78, 5) is 26.8. The number of cyclic esters (lactones) is 1. The van der Waals surface area contributed by atoms with E-state index in [-0.39, 0.29) is 17.7 Å². The summed E-state index contributed by atoms with van der Waals surface area (Å²) in [7, 11) is 3.16. The van der Waals surface area contributed by atoms with Gasteiger partial charge >= 0.3 is 5.97 Å². The third-order valence-corrected chi connectivity index (χ3v) is 8.09. The highest BCUT2D eigenvalue weighted by molar-refractivity contribution is 5.75. The predicted octanol–water partition coefficient (Wildman–Crippen LogP) is 1.30. The minimum absolute atomic E-state index is 0.0400. The molecule has 10 heteroatoms. The second-order valence-electron chi connectivity index (χ2n) is 11.9. The minimum atomic E-state index is -1.70. The smallest absolute Gasteiger partial charge is 0.311 e. The second-order valence-corrected chi connectivity index (χ2v) is 11.9. The van der Waals surface area contributed by atoms with Gasteiger partial charge in [-0.05, 0) is 58.8 Å². The zero-order valence-electron chi connectivity index (χ0n) is 25.1. The number of aliphatic hydroxyl groups is 3. The summed E-state index contributed by atoms with van der Waals surface area (Å²) in [6.07, 6.45) is -0.943. The number of esters is 1. The molecule has 1 aliphatic heterocycles. The quantitative estimate of drug-likeness (QED) is 0.225. The molecule has 1 fully saturated rings. The summed E-state index contributed by atoms with van der Waals surface area (Å²) in [6, 6.07) is -0.473. The lowest BCUT2D eigenvalue weighted by molar-refractivity contribution is -0.193. The predicted molar refractivity (Wildman–Crippen MR) is 148 cm³/mol. The van der Waals surface area contributed by atoms with Crippen molar-refractivity contribution in [3.8, 4) is 0 Å². The number of aliphatic hydroxyl groups excluding tert-OH is 1. The Labute approximate surface area is 229 Å². The number of nitrogens with zero attached hydrogens (tertiary/aromatic N) is 1. The third-order valence-electron chi connectivity index (χ3n) is 8.09. The number of carbonyl (C=O) groups is 2. The van der Waals surface area contributed by atoms with Crippen LogP contribution in [0.3, 0.4) is 0 Å². The lowest BCUT2D eigenvalue weighted by Crippen LogP contribution is -2.60. The van der Waals surface area contributed by atoms with Gasteiger partial charge in [-0.3, -0.25) is 14.5 Å². The maximum absolute atomic E-state index is 13.2. The Balaban J connectivity index is 3.28. The van der Waals surface area contributed by atoms with Crippen LogP contribution in [0.2, 0.25) is 0 Å². The van der Waals surface area contributed by atoms with Gasteiger partial charge in [0.15, 0.2) is 0 Å². The van der Waals surface area contributed by atoms with Gasteiger partial charge in [-0.25, -0.2) is 0 Å². The Morgan fingerprint density at radius 3 is 2.34 bits per heavy atom. The van der Waals surface area contributed by atoms with Crippen LogP contribution in [0, 0.1) is 17.8 Å². The second kappa shape index (κ2) is 15.5. The van der Waals surface area contributed by atoms with E-state index in [9.17, 15) is 24.9 Å². The van der Waals surface area contributed by atoms with Crippen LogP contribution in [-0.4, -0.2) is 108 Å². The van der Waals surface area contributed by atoms with Crippen LogP contribution in [-0.2, 0) is 19.1 Å². The van der Waals surface area contributed by atoms with E-state index >= 15 is 0 Å². The van der Waals surface area contributed by atoms with Crippen LogP contribution < -0.4 is 10.6 Å². The number of hydrogen-bond acceptors (Lipinski definition) is 9. The highest BCUT2D eigenvalue weighted by Crippen LogP contribution is 2.33. The van der Waals surface area contributed by atoms with Crippen molar-refractivity contribution in [2.75, 3.05) is 40.3 Å². The van der Waals surface area contributed by atoms with E-state index in [1.807, 2.05) is 27.7 Å². The van der Waals surface area contributed by atoms with Gasteiger partial charge in [0.1, 0.15) is 17.8 Å². The summed E-state index contributed by atoms with van der Waals surface area (Å²) in [5.74, 6) is -1.21. The van der Waals surface area contributed by atoms with Crippen LogP contribution in [0.25, 0.3) is 0 Å². The van der Waals surface area contributed by atoms with Crippen molar-refractivity contribution in [1.29, 1.82) is 0 Å². The molecule has 9 atom stereocenters. The summed E-state index contributed by atoms with van der Waals surface area (Å²) < 4.78 is 11.5. The molecule has 1 rings (SSSR count). The molecule has 1 amide bonds. The Bertz CT molecular complexity index is 733. The van der Waals surface area contributed by atoms with Crippen LogP contribution in [0.15, 0.2) is 0 Å². The van der Waals surface area contributed by atoms with Crippen molar-refractivity contribution in [3.63, 3.8) is 0 Å². The molecule has 0 saturated carbocycles. The number of carbonyl (C=O) groups excluding carboxylic acids is 2. The molecule has 0 bridgehead atoms. The first-order valence-corrected chi connectivity index (χ1v) is 14.1. The van der Waals surface area contributed by atoms with Crippen molar-refractivity contribution in [1.82, 2.24) is 15.5 Å². The number of hydrogen-bond donors (Lipinski definition) is 5. The Kier molecular flexibility index (Phi) is 14.1. The van der Waals surface area contributed by atoms with Gasteiger partial charge in [0.25, 0.3) is 0 Å². The van der Waals surface area contributed by atoms with E-state index in [0.29, 0.717) is 51.9 Å². The van der Waals surface area contributed by atoms with Gasteiger partial charge in [-0.1, -0.05) is 20.8 Å². The lowest BCUT2D eigenvalue weighted by atomic mass is 9.80. The fourth-order valence-electron chi connectivity index (χ4n) is 6.05. The SMILES string of the molecule is CC[C@H]1OC(=O)C(C)[C@@H](OC)[C@H](C)C[C@](C)(O)C[C@@H](C)CN(CCNCCC(=O)NC)C(C)C(O)[C@]1(C)O. The Morgan fingerprint density at radius 1 is 1.16 bits per heavy atom. The Morgan fingerprint density at radius 2 is 1.79 bits per heavy atom. The Hall–Kier alpha value is -1.30. The van der Waals surface area contributed by atoms with Gasteiger partial charge in [-0.15, -0.1) is 0 Å². The molecule has 0 aromatic carbocycles. The molecule has 10 nitrogen and oxygen atoms in total. The van der Waals surface area contributed by atoms with E-state index in [0.717, 1.165) is 0 Å². The highest BCUT2D eigenvalue weighted by atomic mass is 16.6. The molecule has 38 heavy (non-hydrogen) atoms. The summed E-state index contributed by atoms with van der Waals surface area (Å²) in [5, 5.41) is 40.1. The van der Waals surface area contributed by atoms with E-state index in [1.54, 1.807) is 21.1 Å². The van der Waals surface area contributed by atoms with Crippen LogP contribution in [0.4, 0.5) is 0 Å². The molecule has 5 N–H and O–H groups in total. The number of nitrogens with one attached hydrogen (secondary N) is 2. The third kappa shape index (κ3) is 10.0. The molecular weight excluding hydrogens is 490 g/mol. The molecule has 1 heterocycles. The van der Waals surface area contributed by atoms with E-state index in [1.165, 1.54) is 6.92 Å². The normalized spacial score (nSPS) is 38.6. The van der Waals surface area contributed by atoms with Gasteiger partial charge < -0.3 is 35.4 Å². The van der Waals surface area contributed by atoms with Crippen molar-refractivity contribution >= 4 is 11.9 Å². The largest absolute Gasteiger partial charge is 0.459 e. The average molecular weight is 546 g/mol. The van der Waals surface area contributed by atoms with Crippen LogP contribution >= 0.6 is 0 Å². The number of methoxy groups -OCH3 is 1. The molecule has 1 aliphatic rings. The topological polar surface area (TPSA) is 141 Å². The van der Waals surface area contributed by atoms with E-state index in [2.05, 4.69) is 22.5 Å². The van der Waals surface area contributed by atoms with Crippen molar-refractivity contribution in [2.45, 2.75) is 110 Å². The highest BCUT2D eigenvalue weighted by Gasteiger charge is 2.46. The molecule has 0 aromatic rings. The number of ether oxygens (including phenoxy) is 2. The summed E-state index contributed by atoms with van der Waals surface area (Å²) in [6.45, 7) is 15.0. The maximum atomic E-state index is 13.2. The van der Waals surface area contributed by atoms with Gasteiger partial charge in [0.2, 0.25) is 5.91 Å². The van der Waals surface area contributed by atoms with Gasteiger partial charge in [0, 0.05) is 52.8 Å². The van der Waals surface area contributed by atoms with Crippen molar-refractivity contribution in [3.05, 3.63) is 0 Å². The minimum Gasteiger partial charge on any atom is -0.459 e. The number of rotatable bonds is 8. The molecule has 3 unspecified atom stereocenters. The molecule has 224 valence electrons. The van der Waals surface area contributed by atoms with Crippen LogP contribution in [0.5, 0.6) is 0 Å². The fourth-order valence-corrected chi connectivity index (χ4v) is 6.05. The van der Waals surface area contributed by atoms with E-state index in [4.69, 9.17) is 9.47 Å². The zero-order chi connectivity index (χ0) is 29.3. The first-order valence-electron chi connectivity index (χ1n) is 14.1. The van der Waals surface area contributed by atoms with Crippen molar-refractivity contribution in [2.24, 2.45) is 17.8 Å². The molecule has 0 aliphatic carbocycles. The maximum Gasteiger partial charge on any atom is 0.311 e. The summed E-state index contributed by atoms with van der Waals surface area (Å²) >= 11 is 0. The first-order chi connectivity index (χ1) is 17.6. The molecule has 0 radical (unpaired) electrons. The standard InChI is InChI=1S/C28H55N3O7/c1-10-22-28(7,36)25(33)21(5)31(14-13-30-12-11-23(32)29-8)17-18(2)15-27(6,35)16-19(3)24(37-9)20(4)26(34)38-22/h18-22,24-25,30,33,35-36H,10-17H2,1-9H3,(H,29,32)/t18-,19-,20?,21?,22-,24+,25?,27-,28-/m1/s1. The fraction of sp³-hybridized carbons (Fsp3) is 0.929. The van der Waals surface area contributed by atoms with Crippen molar-refractivity contribution < 1.29 is 34.4 Å². The number of amides is 1. The van der Waals surface area contributed by atoms with Gasteiger partial charge in [0.05, 0.1) is 17.6 Å². The van der Waals surface area contributed by atoms with Gasteiger partial charge in [-0.2, -0.15) is 0 Å². The monoisotopic (exact) mass is 545 g/mol. The van der Waals surface area contributed by atoms with Crippen LogP contribution in [0.1, 0.15) is 74.1 Å². The molecular formula is C28H55N3O7. The first kappa shape index (κ1) is 34.7. The molecule has 1 saturated heterocycles. The van der Waals surface area contributed by atoms with E-state index < -0.39 is 47.4 Å². The zero-order valence-corrected chi connectivity index (χ0v) is 25.1.